The van der Waals surface area contributed by atoms with E-state index in [0.29, 0.717) is 17.3 Å². The highest BCUT2D eigenvalue weighted by Gasteiger charge is 2.18. The number of aryl methyl sites for hydroxylation is 1. The number of anilines is 1. The van der Waals surface area contributed by atoms with Crippen LogP contribution in [0.1, 0.15) is 16.1 Å². The minimum absolute atomic E-state index is 0.210. The van der Waals surface area contributed by atoms with Crippen LogP contribution in [0.4, 0.5) is 5.69 Å². The average Bonchev–Trinajstić information content (AvgIpc) is 2.67. The van der Waals surface area contributed by atoms with Crippen LogP contribution in [0.25, 0.3) is 0 Å². The molecule has 2 rings (SSSR count). The predicted octanol–water partition coefficient (Wildman–Crippen LogP) is 1.93. The maximum Gasteiger partial charge on any atom is 0.276 e. The topological polar surface area (TPSA) is 64.2 Å². The minimum Gasteiger partial charge on any atom is -0.396 e. The summed E-state index contributed by atoms with van der Waals surface area (Å²) in [5, 5.41) is 4.71. The molecule has 0 atom stereocenters. The molecule has 5 nitrogen and oxygen atoms in total. The lowest BCUT2D eigenvalue weighted by Crippen LogP contribution is -2.27. The number of hydrogen-bond donors (Lipinski definition) is 1. The van der Waals surface area contributed by atoms with Crippen LogP contribution in [0.15, 0.2) is 30.5 Å². The molecule has 0 unspecified atom stereocenters. The summed E-state index contributed by atoms with van der Waals surface area (Å²) in [6.07, 6.45) is 1.61. The summed E-state index contributed by atoms with van der Waals surface area (Å²) in [4.78, 5) is 13.8. The highest BCUT2D eigenvalue weighted by molar-refractivity contribution is 6.30. The standard InChI is InChI=1S/C13H15ClN4O/c1-17(7-9-4-3-5-10(14)6-9)13(19)12-11(15)8-18(2)16-12/h3-6,8H,7,15H2,1-2H3. The third kappa shape index (κ3) is 3.06. The minimum atomic E-state index is -0.210. The zero-order valence-electron chi connectivity index (χ0n) is 10.8. The van der Waals surface area contributed by atoms with Crippen LogP contribution in [0.2, 0.25) is 5.02 Å². The molecule has 0 radical (unpaired) electrons. The van der Waals surface area contributed by atoms with Crippen LogP contribution in [0.3, 0.4) is 0 Å². The van der Waals surface area contributed by atoms with E-state index in [2.05, 4.69) is 5.10 Å². The first-order chi connectivity index (χ1) is 8.97. The Kier molecular flexibility index (Phi) is 3.76. The molecule has 19 heavy (non-hydrogen) atoms. The van der Waals surface area contributed by atoms with Crippen molar-refractivity contribution >= 4 is 23.2 Å². The van der Waals surface area contributed by atoms with E-state index >= 15 is 0 Å². The number of nitrogen functional groups attached to an aromatic ring is 1. The van der Waals surface area contributed by atoms with Gasteiger partial charge in [0.25, 0.3) is 5.91 Å². The summed E-state index contributed by atoms with van der Waals surface area (Å²) in [5.41, 5.74) is 7.35. The van der Waals surface area contributed by atoms with Gasteiger partial charge in [0.15, 0.2) is 5.69 Å². The second-order valence-corrected chi connectivity index (χ2v) is 4.83. The van der Waals surface area contributed by atoms with Gasteiger partial charge in [-0.05, 0) is 17.7 Å². The molecule has 0 saturated carbocycles. The number of amides is 1. The quantitative estimate of drug-likeness (QED) is 0.933. The van der Waals surface area contributed by atoms with Crippen molar-refractivity contribution in [2.24, 2.45) is 7.05 Å². The number of aromatic nitrogens is 2. The van der Waals surface area contributed by atoms with E-state index in [1.807, 2.05) is 18.2 Å². The molecule has 0 bridgehead atoms. The zero-order valence-corrected chi connectivity index (χ0v) is 11.6. The van der Waals surface area contributed by atoms with Crippen molar-refractivity contribution in [3.05, 3.63) is 46.7 Å². The molecule has 1 aromatic heterocycles. The van der Waals surface area contributed by atoms with Gasteiger partial charge in [-0.15, -0.1) is 0 Å². The molecule has 100 valence electrons. The van der Waals surface area contributed by atoms with Crippen molar-refractivity contribution < 1.29 is 4.79 Å². The number of benzene rings is 1. The van der Waals surface area contributed by atoms with Crippen molar-refractivity contribution in [2.75, 3.05) is 12.8 Å². The second kappa shape index (κ2) is 5.32. The van der Waals surface area contributed by atoms with Crippen LogP contribution >= 0.6 is 11.6 Å². The summed E-state index contributed by atoms with van der Waals surface area (Å²) in [7, 11) is 3.43. The van der Waals surface area contributed by atoms with Gasteiger partial charge < -0.3 is 10.6 Å². The van der Waals surface area contributed by atoms with Crippen molar-refractivity contribution in [3.8, 4) is 0 Å². The van der Waals surface area contributed by atoms with Crippen molar-refractivity contribution in [1.82, 2.24) is 14.7 Å². The van der Waals surface area contributed by atoms with Gasteiger partial charge in [-0.2, -0.15) is 5.10 Å². The van der Waals surface area contributed by atoms with Gasteiger partial charge in [0.2, 0.25) is 0 Å². The van der Waals surface area contributed by atoms with Gasteiger partial charge in [0.05, 0.1) is 5.69 Å². The Hall–Kier alpha value is -2.01. The smallest absolute Gasteiger partial charge is 0.276 e. The molecule has 0 aliphatic carbocycles. The van der Waals surface area contributed by atoms with E-state index in [1.165, 1.54) is 4.68 Å². The van der Waals surface area contributed by atoms with E-state index in [1.54, 1.807) is 31.3 Å². The molecule has 0 spiro atoms. The molecule has 0 saturated heterocycles. The van der Waals surface area contributed by atoms with Gasteiger partial charge >= 0.3 is 0 Å². The molecule has 2 aromatic rings. The van der Waals surface area contributed by atoms with E-state index in [4.69, 9.17) is 17.3 Å². The molecular weight excluding hydrogens is 264 g/mol. The first-order valence-corrected chi connectivity index (χ1v) is 6.14. The van der Waals surface area contributed by atoms with Crippen molar-refractivity contribution in [1.29, 1.82) is 0 Å². The molecule has 0 aliphatic rings. The van der Waals surface area contributed by atoms with Crippen LogP contribution in [0.5, 0.6) is 0 Å². The number of hydrogen-bond acceptors (Lipinski definition) is 3. The van der Waals surface area contributed by atoms with E-state index in [0.717, 1.165) is 5.56 Å². The van der Waals surface area contributed by atoms with E-state index in [-0.39, 0.29) is 11.6 Å². The maximum absolute atomic E-state index is 12.2. The predicted molar refractivity (Wildman–Crippen MR) is 74.9 cm³/mol. The molecule has 2 N–H and O–H groups in total. The van der Waals surface area contributed by atoms with Crippen molar-refractivity contribution in [2.45, 2.75) is 6.54 Å². The second-order valence-electron chi connectivity index (χ2n) is 4.40. The number of nitrogens with zero attached hydrogens (tertiary/aromatic N) is 3. The zero-order chi connectivity index (χ0) is 14.0. The Bertz CT molecular complexity index is 608. The first-order valence-electron chi connectivity index (χ1n) is 5.76. The summed E-state index contributed by atoms with van der Waals surface area (Å²) in [6, 6.07) is 7.39. The maximum atomic E-state index is 12.2. The molecule has 6 heteroatoms. The Labute approximate surface area is 116 Å². The van der Waals surface area contributed by atoms with Gasteiger partial charge in [-0.3, -0.25) is 9.48 Å². The fourth-order valence-electron chi connectivity index (χ4n) is 1.83. The van der Waals surface area contributed by atoms with Gasteiger partial charge in [-0.25, -0.2) is 0 Å². The lowest BCUT2D eigenvalue weighted by atomic mass is 10.2. The van der Waals surface area contributed by atoms with E-state index in [9.17, 15) is 4.79 Å². The van der Waals surface area contributed by atoms with Gasteiger partial charge in [0.1, 0.15) is 0 Å². The molecule has 1 aromatic carbocycles. The molecule has 0 fully saturated rings. The summed E-state index contributed by atoms with van der Waals surface area (Å²) in [5.74, 6) is -0.210. The summed E-state index contributed by atoms with van der Waals surface area (Å²) in [6.45, 7) is 0.454. The fraction of sp³-hybridized carbons (Fsp3) is 0.231. The molecule has 1 heterocycles. The van der Waals surface area contributed by atoms with Crippen LogP contribution in [-0.4, -0.2) is 27.6 Å². The van der Waals surface area contributed by atoms with Gasteiger partial charge in [-0.1, -0.05) is 23.7 Å². The Balaban J connectivity index is 2.14. The Morgan fingerprint density at radius 1 is 1.53 bits per heavy atom. The highest BCUT2D eigenvalue weighted by atomic mass is 35.5. The average molecular weight is 279 g/mol. The lowest BCUT2D eigenvalue weighted by molar-refractivity contribution is 0.0779. The fourth-order valence-corrected chi connectivity index (χ4v) is 2.05. The summed E-state index contributed by atoms with van der Waals surface area (Å²) >= 11 is 5.91. The monoisotopic (exact) mass is 278 g/mol. The third-order valence-electron chi connectivity index (χ3n) is 2.72. The Morgan fingerprint density at radius 3 is 2.84 bits per heavy atom. The van der Waals surface area contributed by atoms with Crippen molar-refractivity contribution in [3.63, 3.8) is 0 Å². The number of halogens is 1. The van der Waals surface area contributed by atoms with E-state index < -0.39 is 0 Å². The molecule has 1 amide bonds. The van der Waals surface area contributed by atoms with Crippen LogP contribution in [0, 0.1) is 0 Å². The van der Waals surface area contributed by atoms with Crippen LogP contribution in [-0.2, 0) is 13.6 Å². The first kappa shape index (κ1) is 13.4. The van der Waals surface area contributed by atoms with Crippen LogP contribution < -0.4 is 5.73 Å². The number of rotatable bonds is 3. The SMILES string of the molecule is CN(Cc1cccc(Cl)c1)C(=O)c1nn(C)cc1N. The molecular formula is C13H15ClN4O. The largest absolute Gasteiger partial charge is 0.396 e. The number of carbonyl (C=O) groups is 1. The Morgan fingerprint density at radius 2 is 2.26 bits per heavy atom. The summed E-state index contributed by atoms with van der Waals surface area (Å²) < 4.78 is 1.52. The van der Waals surface area contributed by atoms with Gasteiger partial charge in [0, 0.05) is 31.9 Å². The normalized spacial score (nSPS) is 10.5. The lowest BCUT2D eigenvalue weighted by Gasteiger charge is -2.16. The third-order valence-corrected chi connectivity index (χ3v) is 2.95. The highest BCUT2D eigenvalue weighted by Crippen LogP contribution is 2.15. The molecule has 0 aliphatic heterocycles. The number of nitrogens with two attached hydrogens (primary N) is 1. The number of carbonyl (C=O) groups excluding carboxylic acids is 1.